The van der Waals surface area contributed by atoms with E-state index in [2.05, 4.69) is 4.90 Å². The van der Waals surface area contributed by atoms with Crippen molar-refractivity contribution in [2.45, 2.75) is 57.4 Å². The first-order valence-electron chi connectivity index (χ1n) is 14.2. The third-order valence-electron chi connectivity index (χ3n) is 8.57. The Bertz CT molecular complexity index is 1580. The van der Waals surface area contributed by atoms with Crippen molar-refractivity contribution >= 4 is 21.8 Å². The minimum atomic E-state index is -4.45. The Morgan fingerprint density at radius 1 is 0.976 bits per heavy atom. The van der Waals surface area contributed by atoms with Gasteiger partial charge in [0.05, 0.1) is 17.7 Å². The SMILES string of the molecule is NS(=O)(=O)N1CCc2c(c(-c3ccc(C(F)(F)F)cc3)nn2CCCN2CCC(N3C(=O)Cc4ccccc43)CC2)C1. The topological polar surface area (TPSA) is 105 Å². The Balaban J connectivity index is 1.12. The van der Waals surface area contributed by atoms with Crippen LogP contribution >= 0.6 is 0 Å². The summed E-state index contributed by atoms with van der Waals surface area (Å²) in [4.78, 5) is 17.1. The number of anilines is 1. The maximum atomic E-state index is 13.1. The third-order valence-corrected chi connectivity index (χ3v) is 9.60. The lowest BCUT2D eigenvalue weighted by molar-refractivity contribution is -0.137. The van der Waals surface area contributed by atoms with E-state index in [0.29, 0.717) is 36.2 Å². The van der Waals surface area contributed by atoms with Gasteiger partial charge in [0.15, 0.2) is 0 Å². The highest BCUT2D eigenvalue weighted by molar-refractivity contribution is 7.86. The number of fused-ring (bicyclic) bond motifs is 2. The van der Waals surface area contributed by atoms with Crippen molar-refractivity contribution < 1.29 is 26.4 Å². The first kappa shape index (κ1) is 28.8. The molecule has 0 bridgehead atoms. The van der Waals surface area contributed by atoms with Gasteiger partial charge >= 0.3 is 6.18 Å². The number of likely N-dealkylation sites (tertiary alicyclic amines) is 1. The Hall–Kier alpha value is -3.26. The molecule has 13 heteroatoms. The lowest BCUT2D eigenvalue weighted by Gasteiger charge is -2.37. The van der Waals surface area contributed by atoms with Crippen LogP contribution in [0.1, 0.15) is 41.6 Å². The van der Waals surface area contributed by atoms with E-state index in [4.69, 9.17) is 10.2 Å². The van der Waals surface area contributed by atoms with Crippen LogP contribution in [0.2, 0.25) is 0 Å². The Labute approximate surface area is 242 Å². The maximum absolute atomic E-state index is 13.1. The van der Waals surface area contributed by atoms with Gasteiger partial charge in [-0.25, -0.2) is 5.14 Å². The van der Waals surface area contributed by atoms with Gasteiger partial charge in [-0.05, 0) is 49.6 Å². The second-order valence-electron chi connectivity index (χ2n) is 11.2. The van der Waals surface area contributed by atoms with Gasteiger partial charge in [-0.3, -0.25) is 9.48 Å². The average molecular weight is 603 g/mol. The fourth-order valence-electron chi connectivity index (χ4n) is 6.44. The molecule has 3 aliphatic heterocycles. The molecule has 1 aromatic heterocycles. The predicted octanol–water partition coefficient (Wildman–Crippen LogP) is 3.57. The van der Waals surface area contributed by atoms with Crippen LogP contribution < -0.4 is 10.0 Å². The van der Waals surface area contributed by atoms with Crippen molar-refractivity contribution in [1.82, 2.24) is 19.0 Å². The zero-order chi connectivity index (χ0) is 29.6. The van der Waals surface area contributed by atoms with Crippen molar-refractivity contribution in [2.75, 3.05) is 31.1 Å². The molecule has 1 amide bonds. The second kappa shape index (κ2) is 11.1. The number of nitrogens with zero attached hydrogens (tertiary/aromatic N) is 5. The molecule has 1 fully saturated rings. The van der Waals surface area contributed by atoms with Crippen molar-refractivity contribution in [3.8, 4) is 11.3 Å². The number of carbonyl (C=O) groups excluding carboxylic acids is 1. The summed E-state index contributed by atoms with van der Waals surface area (Å²) in [6, 6.07) is 13.0. The highest BCUT2D eigenvalue weighted by Gasteiger charge is 2.35. The van der Waals surface area contributed by atoms with Crippen LogP contribution in [0.5, 0.6) is 0 Å². The molecule has 42 heavy (non-hydrogen) atoms. The number of rotatable bonds is 7. The molecular weight excluding hydrogens is 569 g/mol. The minimum absolute atomic E-state index is 0.0242. The fraction of sp³-hybridized carbons (Fsp3) is 0.448. The summed E-state index contributed by atoms with van der Waals surface area (Å²) < 4.78 is 66.5. The van der Waals surface area contributed by atoms with Crippen LogP contribution in [-0.2, 0) is 47.1 Å². The lowest BCUT2D eigenvalue weighted by atomic mass is 10.0. The number of hydrogen-bond donors (Lipinski definition) is 1. The Kier molecular flexibility index (Phi) is 7.62. The van der Waals surface area contributed by atoms with Gasteiger partial charge < -0.3 is 9.80 Å². The molecular formula is C29H33F3N6O3S. The monoisotopic (exact) mass is 602 g/mol. The molecule has 6 rings (SSSR count). The molecule has 0 saturated carbocycles. The summed E-state index contributed by atoms with van der Waals surface area (Å²) in [5.41, 5.74) is 3.90. The van der Waals surface area contributed by atoms with E-state index < -0.39 is 21.9 Å². The van der Waals surface area contributed by atoms with E-state index in [1.807, 2.05) is 33.8 Å². The van der Waals surface area contributed by atoms with Crippen LogP contribution in [0.3, 0.4) is 0 Å². The lowest BCUT2D eigenvalue weighted by Crippen LogP contribution is -2.46. The van der Waals surface area contributed by atoms with E-state index >= 15 is 0 Å². The summed E-state index contributed by atoms with van der Waals surface area (Å²) in [6.07, 6.45) is -0.970. The van der Waals surface area contributed by atoms with Crippen molar-refractivity contribution in [2.24, 2.45) is 5.14 Å². The molecule has 2 N–H and O–H groups in total. The van der Waals surface area contributed by atoms with Crippen LogP contribution in [0, 0.1) is 0 Å². The van der Waals surface area contributed by atoms with Gasteiger partial charge in [0.25, 0.3) is 10.2 Å². The van der Waals surface area contributed by atoms with Crippen LogP contribution in [-0.4, -0.2) is 65.5 Å². The molecule has 0 aliphatic carbocycles. The van der Waals surface area contributed by atoms with Crippen LogP contribution in [0.15, 0.2) is 48.5 Å². The predicted molar refractivity (Wildman–Crippen MR) is 152 cm³/mol. The van der Waals surface area contributed by atoms with Crippen molar-refractivity contribution in [3.05, 3.63) is 70.9 Å². The molecule has 224 valence electrons. The summed E-state index contributed by atoms with van der Waals surface area (Å²) in [7, 11) is -3.93. The van der Waals surface area contributed by atoms with E-state index in [1.165, 1.54) is 16.4 Å². The highest BCUT2D eigenvalue weighted by Crippen LogP contribution is 2.35. The summed E-state index contributed by atoms with van der Waals surface area (Å²) in [5.74, 6) is 0.169. The van der Waals surface area contributed by atoms with E-state index in [9.17, 15) is 26.4 Å². The number of carbonyl (C=O) groups is 1. The standard InChI is InChI=1S/C29H33F3N6O3S/c30-29(31,32)22-8-6-20(7-9-22)28-24-19-36(42(33,40)41)17-12-26(24)37(34-28)14-3-13-35-15-10-23(11-16-35)38-25-5-2-1-4-21(25)18-27(38)39/h1-2,4-9,23H,3,10-19H2,(H2,33,40,41). The summed E-state index contributed by atoms with van der Waals surface area (Å²) >= 11 is 0. The van der Waals surface area contributed by atoms with Gasteiger partial charge in [0.1, 0.15) is 0 Å². The smallest absolute Gasteiger partial charge is 0.309 e. The van der Waals surface area contributed by atoms with E-state index in [1.54, 1.807) is 0 Å². The maximum Gasteiger partial charge on any atom is 0.416 e. The normalized spacial score (nSPS) is 18.9. The number of piperidine rings is 1. The molecule has 3 aromatic rings. The van der Waals surface area contributed by atoms with Gasteiger partial charge in [-0.1, -0.05) is 30.3 Å². The first-order chi connectivity index (χ1) is 20.0. The molecule has 4 heterocycles. The number of aromatic nitrogens is 2. The molecule has 3 aliphatic rings. The van der Waals surface area contributed by atoms with Gasteiger partial charge in [-0.2, -0.15) is 31.0 Å². The van der Waals surface area contributed by atoms with Crippen molar-refractivity contribution in [3.63, 3.8) is 0 Å². The van der Waals surface area contributed by atoms with Gasteiger partial charge in [-0.15, -0.1) is 0 Å². The van der Waals surface area contributed by atoms with Crippen LogP contribution in [0.4, 0.5) is 18.9 Å². The van der Waals surface area contributed by atoms with E-state index in [-0.39, 0.29) is 25.0 Å². The molecule has 0 atom stereocenters. The number of halogens is 3. The van der Waals surface area contributed by atoms with Gasteiger partial charge in [0.2, 0.25) is 5.91 Å². The van der Waals surface area contributed by atoms with Crippen molar-refractivity contribution in [1.29, 1.82) is 0 Å². The molecule has 0 spiro atoms. The van der Waals surface area contributed by atoms with Gasteiger partial charge in [0, 0.05) is 67.7 Å². The summed E-state index contributed by atoms with van der Waals surface area (Å²) in [5, 5.41) is 10.2. The molecule has 9 nitrogen and oxygen atoms in total. The molecule has 2 aromatic carbocycles. The number of para-hydroxylation sites is 1. The van der Waals surface area contributed by atoms with E-state index in [0.717, 1.165) is 68.0 Å². The number of hydrogen-bond acceptors (Lipinski definition) is 5. The average Bonchev–Trinajstić information content (AvgIpc) is 3.49. The zero-order valence-corrected chi connectivity index (χ0v) is 23.9. The number of benzene rings is 2. The first-order valence-corrected chi connectivity index (χ1v) is 15.7. The second-order valence-corrected chi connectivity index (χ2v) is 12.7. The number of nitrogens with two attached hydrogens (primary N) is 1. The van der Waals surface area contributed by atoms with Crippen LogP contribution in [0.25, 0.3) is 11.3 Å². The third kappa shape index (κ3) is 5.70. The number of aryl methyl sites for hydroxylation is 1. The Morgan fingerprint density at radius 3 is 2.38 bits per heavy atom. The zero-order valence-electron chi connectivity index (χ0n) is 23.1. The Morgan fingerprint density at radius 2 is 1.69 bits per heavy atom. The summed E-state index contributed by atoms with van der Waals surface area (Å²) in [6.45, 7) is 3.44. The fourth-order valence-corrected chi connectivity index (χ4v) is 7.10. The quantitative estimate of drug-likeness (QED) is 0.445. The molecule has 1 saturated heterocycles. The number of amides is 1. The minimum Gasteiger partial charge on any atom is -0.309 e. The largest absolute Gasteiger partial charge is 0.416 e. The molecule has 0 unspecified atom stereocenters. The molecule has 0 radical (unpaired) electrons. The highest BCUT2D eigenvalue weighted by atomic mass is 32.2. The number of alkyl halides is 3.